The molecule has 0 atom stereocenters. The van der Waals surface area contributed by atoms with E-state index in [9.17, 15) is 9.59 Å². The molecule has 128 valence electrons. The number of nitrogens with zero attached hydrogens (tertiary/aromatic N) is 4. The molecule has 0 spiro atoms. The van der Waals surface area contributed by atoms with Crippen molar-refractivity contribution in [1.29, 1.82) is 0 Å². The molecule has 0 aliphatic carbocycles. The van der Waals surface area contributed by atoms with Gasteiger partial charge in [-0.3, -0.25) is 4.79 Å². The molecule has 0 unspecified atom stereocenters. The van der Waals surface area contributed by atoms with Crippen LogP contribution in [0.15, 0.2) is 48.1 Å². The zero-order valence-corrected chi connectivity index (χ0v) is 14.0. The van der Waals surface area contributed by atoms with Gasteiger partial charge in [0, 0.05) is 11.4 Å². The number of rotatable bonds is 7. The summed E-state index contributed by atoms with van der Waals surface area (Å²) in [5.41, 5.74) is 0.944. The fraction of sp³-hybridized carbons (Fsp3) is 0.188. The number of esters is 1. The van der Waals surface area contributed by atoms with Crippen LogP contribution < -0.4 is 5.32 Å². The van der Waals surface area contributed by atoms with Crippen LogP contribution >= 0.6 is 11.3 Å². The lowest BCUT2D eigenvalue weighted by atomic mass is 10.2. The largest absolute Gasteiger partial charge is 0.452 e. The van der Waals surface area contributed by atoms with Crippen LogP contribution in [0.5, 0.6) is 0 Å². The topological polar surface area (TPSA) is 99.0 Å². The van der Waals surface area contributed by atoms with E-state index in [0.717, 1.165) is 6.42 Å². The van der Waals surface area contributed by atoms with Gasteiger partial charge >= 0.3 is 5.97 Å². The van der Waals surface area contributed by atoms with Crippen molar-refractivity contribution < 1.29 is 14.3 Å². The maximum Gasteiger partial charge on any atom is 0.338 e. The Kier molecular flexibility index (Phi) is 5.47. The highest BCUT2D eigenvalue weighted by molar-refractivity contribution is 7.09. The van der Waals surface area contributed by atoms with E-state index >= 15 is 0 Å². The summed E-state index contributed by atoms with van der Waals surface area (Å²) in [4.78, 5) is 25.0. The Labute approximate surface area is 147 Å². The minimum atomic E-state index is -0.580. The minimum absolute atomic E-state index is 0.319. The van der Waals surface area contributed by atoms with Gasteiger partial charge < -0.3 is 10.1 Å². The van der Waals surface area contributed by atoms with Gasteiger partial charge in [-0.25, -0.2) is 9.48 Å². The molecular weight excluding hydrogens is 342 g/mol. The van der Waals surface area contributed by atoms with Gasteiger partial charge in [0.1, 0.15) is 6.33 Å². The number of amides is 1. The van der Waals surface area contributed by atoms with Gasteiger partial charge in [0.05, 0.1) is 11.3 Å². The predicted molar refractivity (Wildman–Crippen MR) is 90.5 cm³/mol. The van der Waals surface area contributed by atoms with Crippen LogP contribution in [0.25, 0.3) is 5.69 Å². The van der Waals surface area contributed by atoms with Crippen LogP contribution in [-0.4, -0.2) is 45.2 Å². The number of thiophene rings is 1. The number of carbonyl (C=O) groups is 2. The van der Waals surface area contributed by atoms with E-state index in [1.54, 1.807) is 35.6 Å². The van der Waals surface area contributed by atoms with Gasteiger partial charge in [-0.2, -0.15) is 0 Å². The number of ether oxygens (including phenoxy) is 1. The van der Waals surface area contributed by atoms with Gasteiger partial charge in [-0.1, -0.05) is 12.1 Å². The first-order valence-electron chi connectivity index (χ1n) is 7.52. The van der Waals surface area contributed by atoms with E-state index in [2.05, 4.69) is 20.8 Å². The average molecular weight is 357 g/mol. The lowest BCUT2D eigenvalue weighted by molar-refractivity contribution is -0.124. The van der Waals surface area contributed by atoms with Crippen molar-refractivity contribution in [2.45, 2.75) is 6.42 Å². The zero-order valence-electron chi connectivity index (χ0n) is 13.2. The second-order valence-electron chi connectivity index (χ2n) is 5.06. The van der Waals surface area contributed by atoms with Gasteiger partial charge in [-0.15, -0.1) is 16.4 Å². The number of hydrogen-bond donors (Lipinski definition) is 1. The summed E-state index contributed by atoms with van der Waals surface area (Å²) in [7, 11) is 0. The summed E-state index contributed by atoms with van der Waals surface area (Å²) >= 11 is 1.64. The smallest absolute Gasteiger partial charge is 0.338 e. The number of hydrogen-bond acceptors (Lipinski definition) is 7. The quantitative estimate of drug-likeness (QED) is 0.639. The first-order chi connectivity index (χ1) is 12.2. The zero-order chi connectivity index (χ0) is 17.5. The molecular formula is C16H15N5O3S. The first-order valence-corrected chi connectivity index (χ1v) is 8.40. The molecule has 0 fully saturated rings. The Balaban J connectivity index is 1.47. The molecule has 3 rings (SSSR count). The second-order valence-corrected chi connectivity index (χ2v) is 6.09. The summed E-state index contributed by atoms with van der Waals surface area (Å²) < 4.78 is 6.47. The van der Waals surface area contributed by atoms with Crippen LogP contribution in [0.3, 0.4) is 0 Å². The Morgan fingerprint density at radius 3 is 2.92 bits per heavy atom. The summed E-state index contributed by atoms with van der Waals surface area (Å²) in [6.07, 6.45) is 2.18. The molecule has 2 aromatic heterocycles. The summed E-state index contributed by atoms with van der Waals surface area (Å²) in [6.45, 7) is 0.185. The molecule has 0 aliphatic rings. The minimum Gasteiger partial charge on any atom is -0.452 e. The molecule has 8 nitrogen and oxygen atoms in total. The van der Waals surface area contributed by atoms with Gasteiger partial charge in [-0.05, 0) is 46.5 Å². The van der Waals surface area contributed by atoms with Crippen molar-refractivity contribution in [2.75, 3.05) is 13.2 Å². The molecule has 0 aliphatic heterocycles. The SMILES string of the molecule is O=C(COC(=O)c1cccc(-n2cnnn2)c1)NCCc1cccs1. The van der Waals surface area contributed by atoms with E-state index in [0.29, 0.717) is 17.8 Å². The Morgan fingerprint density at radius 1 is 1.24 bits per heavy atom. The summed E-state index contributed by atoms with van der Waals surface area (Å²) in [5.74, 6) is -0.912. The standard InChI is InChI=1S/C16H15N5O3S/c22-15(17-7-6-14-5-2-8-25-14)10-24-16(23)12-3-1-4-13(9-12)21-11-18-19-20-21/h1-5,8-9,11H,6-7,10H2,(H,17,22). The molecule has 1 N–H and O–H groups in total. The van der Waals surface area contributed by atoms with Gasteiger partial charge in [0.25, 0.3) is 5.91 Å². The highest BCUT2D eigenvalue weighted by Crippen LogP contribution is 2.10. The van der Waals surface area contributed by atoms with Crippen LogP contribution in [0.1, 0.15) is 15.2 Å². The monoisotopic (exact) mass is 357 g/mol. The summed E-state index contributed by atoms with van der Waals surface area (Å²) in [5, 5.41) is 15.6. The molecule has 0 saturated carbocycles. The van der Waals surface area contributed by atoms with Crippen molar-refractivity contribution in [3.63, 3.8) is 0 Å². The lowest BCUT2D eigenvalue weighted by Gasteiger charge is -2.07. The number of nitrogens with one attached hydrogen (secondary N) is 1. The van der Waals surface area contributed by atoms with E-state index in [4.69, 9.17) is 4.74 Å². The van der Waals surface area contributed by atoms with Crippen LogP contribution in [0, 0.1) is 0 Å². The number of benzene rings is 1. The van der Waals surface area contributed by atoms with E-state index in [-0.39, 0.29) is 12.5 Å². The van der Waals surface area contributed by atoms with Crippen LogP contribution in [0.4, 0.5) is 0 Å². The predicted octanol–water partition coefficient (Wildman–Crippen LogP) is 1.24. The van der Waals surface area contributed by atoms with Gasteiger partial charge in [0.2, 0.25) is 0 Å². The van der Waals surface area contributed by atoms with E-state index in [1.807, 2.05) is 17.5 Å². The van der Waals surface area contributed by atoms with Crippen molar-refractivity contribution in [3.05, 3.63) is 58.5 Å². The first kappa shape index (κ1) is 16.8. The molecule has 9 heteroatoms. The maximum atomic E-state index is 12.1. The average Bonchev–Trinajstić information content (AvgIpc) is 3.33. The maximum absolute atomic E-state index is 12.1. The molecule has 1 aromatic carbocycles. The van der Waals surface area contributed by atoms with Crippen LogP contribution in [0.2, 0.25) is 0 Å². The highest BCUT2D eigenvalue weighted by Gasteiger charge is 2.11. The molecule has 1 amide bonds. The van der Waals surface area contributed by atoms with Crippen LogP contribution in [-0.2, 0) is 16.0 Å². The normalized spacial score (nSPS) is 10.4. The summed E-state index contributed by atoms with van der Waals surface area (Å²) in [6, 6.07) is 10.6. The molecule has 0 radical (unpaired) electrons. The van der Waals surface area contributed by atoms with Crippen molar-refractivity contribution in [1.82, 2.24) is 25.5 Å². The highest BCUT2D eigenvalue weighted by atomic mass is 32.1. The second kappa shape index (κ2) is 8.15. The number of aromatic nitrogens is 4. The number of carbonyl (C=O) groups excluding carboxylic acids is 2. The third-order valence-electron chi connectivity index (χ3n) is 3.30. The van der Waals surface area contributed by atoms with Crippen molar-refractivity contribution in [3.8, 4) is 5.69 Å². The van der Waals surface area contributed by atoms with Gasteiger partial charge in [0.15, 0.2) is 6.61 Å². The van der Waals surface area contributed by atoms with Crippen molar-refractivity contribution >= 4 is 23.2 Å². The van der Waals surface area contributed by atoms with E-state index < -0.39 is 5.97 Å². The Morgan fingerprint density at radius 2 is 2.16 bits per heavy atom. The molecule has 0 bridgehead atoms. The fourth-order valence-electron chi connectivity index (χ4n) is 2.10. The third kappa shape index (κ3) is 4.70. The molecule has 3 aromatic rings. The fourth-order valence-corrected chi connectivity index (χ4v) is 2.81. The Hall–Kier alpha value is -3.07. The van der Waals surface area contributed by atoms with E-state index in [1.165, 1.54) is 15.9 Å². The molecule has 25 heavy (non-hydrogen) atoms. The molecule has 0 saturated heterocycles. The molecule has 2 heterocycles. The third-order valence-corrected chi connectivity index (χ3v) is 4.24. The van der Waals surface area contributed by atoms with Crippen molar-refractivity contribution in [2.24, 2.45) is 0 Å². The Bertz CT molecular complexity index is 833. The lowest BCUT2D eigenvalue weighted by Crippen LogP contribution is -2.30. The number of tetrazole rings is 1.